The topological polar surface area (TPSA) is 46.2 Å². The SMILES string of the molecule is CCC(=O)CCCc1cccc(NC(=O)CC(C)C)c1. The van der Waals surface area contributed by atoms with Crippen LogP contribution >= 0.6 is 0 Å². The van der Waals surface area contributed by atoms with E-state index in [1.54, 1.807) is 0 Å². The van der Waals surface area contributed by atoms with Crippen molar-refractivity contribution in [2.45, 2.75) is 52.9 Å². The van der Waals surface area contributed by atoms with Gasteiger partial charge in [0.25, 0.3) is 0 Å². The molecule has 0 aromatic heterocycles. The molecule has 0 spiro atoms. The van der Waals surface area contributed by atoms with Gasteiger partial charge in [-0.25, -0.2) is 0 Å². The number of nitrogens with one attached hydrogen (secondary N) is 1. The Labute approximate surface area is 121 Å². The molecule has 1 N–H and O–H groups in total. The molecule has 0 atom stereocenters. The van der Waals surface area contributed by atoms with Gasteiger partial charge >= 0.3 is 0 Å². The minimum absolute atomic E-state index is 0.0540. The maximum Gasteiger partial charge on any atom is 0.224 e. The molecule has 0 aliphatic heterocycles. The first-order chi connectivity index (χ1) is 9.51. The van der Waals surface area contributed by atoms with Crippen molar-refractivity contribution in [1.29, 1.82) is 0 Å². The Bertz CT molecular complexity index is 452. The van der Waals surface area contributed by atoms with E-state index in [2.05, 4.69) is 5.32 Å². The number of Topliss-reactive ketones (excluding diaryl/α,β-unsaturated/α-hetero) is 1. The quantitative estimate of drug-likeness (QED) is 0.780. The van der Waals surface area contributed by atoms with Crippen molar-refractivity contribution in [3.8, 4) is 0 Å². The van der Waals surface area contributed by atoms with Crippen LogP contribution in [-0.4, -0.2) is 11.7 Å². The molecule has 0 heterocycles. The fourth-order valence-corrected chi connectivity index (χ4v) is 2.05. The number of carbonyl (C=O) groups excluding carboxylic acids is 2. The van der Waals surface area contributed by atoms with Crippen molar-refractivity contribution >= 4 is 17.4 Å². The summed E-state index contributed by atoms with van der Waals surface area (Å²) in [5.74, 6) is 0.725. The Morgan fingerprint density at radius 3 is 2.65 bits per heavy atom. The summed E-state index contributed by atoms with van der Waals surface area (Å²) in [6, 6.07) is 7.88. The fourth-order valence-electron chi connectivity index (χ4n) is 2.05. The van der Waals surface area contributed by atoms with Crippen molar-refractivity contribution in [2.24, 2.45) is 5.92 Å². The molecule has 0 saturated heterocycles. The second kappa shape index (κ2) is 8.51. The lowest BCUT2D eigenvalue weighted by atomic mass is 10.0. The molecular formula is C17H25NO2. The molecule has 3 heteroatoms. The van der Waals surface area contributed by atoms with E-state index in [0.717, 1.165) is 24.1 Å². The van der Waals surface area contributed by atoms with Gasteiger partial charge in [0, 0.05) is 24.9 Å². The Morgan fingerprint density at radius 2 is 2.00 bits per heavy atom. The van der Waals surface area contributed by atoms with Gasteiger partial charge in [-0.2, -0.15) is 0 Å². The van der Waals surface area contributed by atoms with Crippen LogP contribution < -0.4 is 5.32 Å². The van der Waals surface area contributed by atoms with Gasteiger partial charge in [0.1, 0.15) is 5.78 Å². The first-order valence-corrected chi connectivity index (χ1v) is 7.41. The standard InChI is InChI=1S/C17H25NO2/c1-4-16(19)10-6-8-14-7-5-9-15(12-14)18-17(20)11-13(2)3/h5,7,9,12-13H,4,6,8,10-11H2,1-3H3,(H,18,20). The smallest absolute Gasteiger partial charge is 0.224 e. The minimum Gasteiger partial charge on any atom is -0.326 e. The maximum absolute atomic E-state index is 11.7. The van der Waals surface area contributed by atoms with Crippen LogP contribution in [0.4, 0.5) is 5.69 Å². The first-order valence-electron chi connectivity index (χ1n) is 7.41. The number of carbonyl (C=O) groups is 2. The summed E-state index contributed by atoms with van der Waals surface area (Å²) in [6.45, 7) is 5.95. The summed E-state index contributed by atoms with van der Waals surface area (Å²) in [4.78, 5) is 23.0. The Kier molecular flexibility index (Phi) is 6.99. The number of amides is 1. The second-order valence-corrected chi connectivity index (χ2v) is 5.59. The summed E-state index contributed by atoms with van der Waals surface area (Å²) >= 11 is 0. The normalized spacial score (nSPS) is 10.6. The molecule has 0 unspecified atom stereocenters. The molecule has 1 aromatic carbocycles. The highest BCUT2D eigenvalue weighted by Gasteiger charge is 2.06. The summed E-state index contributed by atoms with van der Waals surface area (Å²) < 4.78 is 0. The highest BCUT2D eigenvalue weighted by atomic mass is 16.1. The number of anilines is 1. The number of hydrogen-bond acceptors (Lipinski definition) is 2. The van der Waals surface area contributed by atoms with E-state index in [1.807, 2.05) is 45.0 Å². The van der Waals surface area contributed by atoms with Crippen LogP contribution in [-0.2, 0) is 16.0 Å². The zero-order valence-corrected chi connectivity index (χ0v) is 12.7. The van der Waals surface area contributed by atoms with Crippen LogP contribution in [0.15, 0.2) is 24.3 Å². The number of ketones is 1. The van der Waals surface area contributed by atoms with Crippen LogP contribution in [0.3, 0.4) is 0 Å². The zero-order valence-electron chi connectivity index (χ0n) is 12.7. The monoisotopic (exact) mass is 275 g/mol. The Balaban J connectivity index is 2.49. The van der Waals surface area contributed by atoms with Crippen molar-refractivity contribution in [2.75, 3.05) is 5.32 Å². The van der Waals surface area contributed by atoms with Gasteiger partial charge in [0.15, 0.2) is 0 Å². The Morgan fingerprint density at radius 1 is 1.25 bits per heavy atom. The number of aryl methyl sites for hydroxylation is 1. The third kappa shape index (κ3) is 6.50. The maximum atomic E-state index is 11.7. The molecular weight excluding hydrogens is 250 g/mol. The van der Waals surface area contributed by atoms with Crippen molar-refractivity contribution in [1.82, 2.24) is 0 Å². The van der Waals surface area contributed by atoms with E-state index >= 15 is 0 Å². The Hall–Kier alpha value is -1.64. The summed E-state index contributed by atoms with van der Waals surface area (Å²) in [5.41, 5.74) is 2.01. The summed E-state index contributed by atoms with van der Waals surface area (Å²) in [7, 11) is 0. The summed E-state index contributed by atoms with van der Waals surface area (Å²) in [6.07, 6.45) is 3.54. The van der Waals surface area contributed by atoms with E-state index in [9.17, 15) is 9.59 Å². The van der Waals surface area contributed by atoms with Gasteiger partial charge in [0.05, 0.1) is 0 Å². The third-order valence-corrected chi connectivity index (χ3v) is 3.12. The van der Waals surface area contributed by atoms with E-state index < -0.39 is 0 Å². The van der Waals surface area contributed by atoms with E-state index in [4.69, 9.17) is 0 Å². The van der Waals surface area contributed by atoms with Crippen LogP contribution in [0.5, 0.6) is 0 Å². The molecule has 1 rings (SSSR count). The van der Waals surface area contributed by atoms with Gasteiger partial charge in [-0.05, 0) is 36.5 Å². The highest BCUT2D eigenvalue weighted by molar-refractivity contribution is 5.90. The average Bonchev–Trinajstić information content (AvgIpc) is 2.37. The van der Waals surface area contributed by atoms with Crippen molar-refractivity contribution < 1.29 is 9.59 Å². The predicted octanol–water partition coefficient (Wildman–Crippen LogP) is 3.97. The molecule has 0 radical (unpaired) electrons. The molecule has 1 aromatic rings. The highest BCUT2D eigenvalue weighted by Crippen LogP contribution is 2.14. The van der Waals surface area contributed by atoms with Crippen LogP contribution in [0.2, 0.25) is 0 Å². The number of rotatable bonds is 8. The predicted molar refractivity (Wildman–Crippen MR) is 82.8 cm³/mol. The van der Waals surface area contributed by atoms with Gasteiger partial charge in [0.2, 0.25) is 5.91 Å². The van der Waals surface area contributed by atoms with Crippen molar-refractivity contribution in [3.63, 3.8) is 0 Å². The van der Waals surface area contributed by atoms with Crippen LogP contribution in [0, 0.1) is 5.92 Å². The van der Waals surface area contributed by atoms with Gasteiger partial charge < -0.3 is 5.32 Å². The van der Waals surface area contributed by atoms with Crippen molar-refractivity contribution in [3.05, 3.63) is 29.8 Å². The molecule has 1 amide bonds. The largest absolute Gasteiger partial charge is 0.326 e. The van der Waals surface area contributed by atoms with E-state index in [0.29, 0.717) is 31.0 Å². The number of benzene rings is 1. The molecule has 110 valence electrons. The minimum atomic E-state index is 0.0540. The van der Waals surface area contributed by atoms with E-state index in [1.165, 1.54) is 0 Å². The van der Waals surface area contributed by atoms with Crippen LogP contribution in [0.25, 0.3) is 0 Å². The first kappa shape index (κ1) is 16.4. The lowest BCUT2D eigenvalue weighted by Gasteiger charge is -2.09. The third-order valence-electron chi connectivity index (χ3n) is 3.12. The zero-order chi connectivity index (χ0) is 15.0. The van der Waals surface area contributed by atoms with Gasteiger partial charge in [-0.3, -0.25) is 9.59 Å². The molecule has 20 heavy (non-hydrogen) atoms. The second-order valence-electron chi connectivity index (χ2n) is 5.59. The summed E-state index contributed by atoms with van der Waals surface area (Å²) in [5, 5.41) is 2.92. The number of hydrogen-bond donors (Lipinski definition) is 1. The van der Waals surface area contributed by atoms with Gasteiger partial charge in [-0.15, -0.1) is 0 Å². The molecule has 0 saturated carbocycles. The lowest BCUT2D eigenvalue weighted by molar-refractivity contribution is -0.119. The van der Waals surface area contributed by atoms with E-state index in [-0.39, 0.29) is 5.91 Å². The average molecular weight is 275 g/mol. The van der Waals surface area contributed by atoms with Gasteiger partial charge in [-0.1, -0.05) is 32.9 Å². The molecule has 0 aliphatic carbocycles. The molecule has 0 fully saturated rings. The molecule has 0 bridgehead atoms. The molecule has 3 nitrogen and oxygen atoms in total. The molecule has 0 aliphatic rings. The lowest BCUT2D eigenvalue weighted by Crippen LogP contribution is -2.13. The van der Waals surface area contributed by atoms with Crippen LogP contribution in [0.1, 0.15) is 52.0 Å². The fraction of sp³-hybridized carbons (Fsp3) is 0.529.